The predicted molar refractivity (Wildman–Crippen MR) is 77.7 cm³/mol. The van der Waals surface area contributed by atoms with Crippen molar-refractivity contribution in [3.05, 3.63) is 41.7 Å². The van der Waals surface area contributed by atoms with E-state index in [9.17, 15) is 18.0 Å². The molecule has 0 N–H and O–H groups in total. The summed E-state index contributed by atoms with van der Waals surface area (Å²) in [5.41, 5.74) is 0.0328. The van der Waals surface area contributed by atoms with Gasteiger partial charge in [-0.2, -0.15) is 13.2 Å². The van der Waals surface area contributed by atoms with E-state index in [4.69, 9.17) is 4.74 Å². The lowest BCUT2D eigenvalue weighted by Crippen LogP contribution is -2.13. The van der Waals surface area contributed by atoms with Crippen LogP contribution >= 0.6 is 11.8 Å². The van der Waals surface area contributed by atoms with Gasteiger partial charge in [0.1, 0.15) is 12.9 Å². The molecule has 2 aromatic rings. The van der Waals surface area contributed by atoms with Crippen LogP contribution in [0.1, 0.15) is 18.1 Å². The number of rotatable bonds is 6. The lowest BCUT2D eigenvalue weighted by Gasteiger charge is -2.08. The van der Waals surface area contributed by atoms with Crippen molar-refractivity contribution in [3.8, 4) is 0 Å². The summed E-state index contributed by atoms with van der Waals surface area (Å²) in [7, 11) is 0. The number of hydrogen-bond acceptors (Lipinski definition) is 5. The average molecular weight is 345 g/mol. The molecule has 1 aromatic heterocycles. The van der Waals surface area contributed by atoms with E-state index >= 15 is 0 Å². The minimum Gasteiger partial charge on any atom is -0.465 e. The zero-order valence-electron chi connectivity index (χ0n) is 12.2. The van der Waals surface area contributed by atoms with Crippen LogP contribution in [0.3, 0.4) is 0 Å². The topological polar surface area (TPSA) is 57.0 Å². The summed E-state index contributed by atoms with van der Waals surface area (Å²) in [5, 5.41) is 8.12. The number of aromatic nitrogens is 3. The predicted octanol–water partition coefficient (Wildman–Crippen LogP) is 3.15. The quantitative estimate of drug-likeness (QED) is 0.595. The maximum atomic E-state index is 12.5. The number of ether oxygens (including phenoxy) is 1. The first-order valence-electron chi connectivity index (χ1n) is 6.72. The molecule has 0 saturated heterocycles. The Kier molecular flexibility index (Phi) is 5.64. The van der Waals surface area contributed by atoms with Crippen LogP contribution in [-0.4, -0.2) is 27.3 Å². The number of hydrogen-bond donors (Lipinski definition) is 0. The van der Waals surface area contributed by atoms with Crippen molar-refractivity contribution in [2.45, 2.75) is 30.6 Å². The number of benzene rings is 1. The van der Waals surface area contributed by atoms with Gasteiger partial charge in [0.25, 0.3) is 0 Å². The number of nitrogens with zero attached hydrogens (tertiary/aromatic N) is 3. The Balaban J connectivity index is 1.96. The summed E-state index contributed by atoms with van der Waals surface area (Å²) in [6.45, 7) is 2.00. The largest absolute Gasteiger partial charge is 0.465 e. The standard InChI is InChI=1S/C14H14F3N3O2S/c1-2-22-12(21)7-20-9-18-19-13(20)23-8-10-3-5-11(6-4-10)14(15,16)17/h3-6,9H,2,7-8H2,1H3. The van der Waals surface area contributed by atoms with Crippen molar-refractivity contribution >= 4 is 17.7 Å². The van der Waals surface area contributed by atoms with Crippen LogP contribution < -0.4 is 0 Å². The maximum absolute atomic E-state index is 12.5. The molecule has 124 valence electrons. The fourth-order valence-electron chi connectivity index (χ4n) is 1.75. The molecule has 1 heterocycles. The molecule has 0 aliphatic carbocycles. The Labute approximate surface area is 134 Å². The van der Waals surface area contributed by atoms with E-state index in [2.05, 4.69) is 10.2 Å². The number of thioether (sulfide) groups is 1. The molecule has 0 amide bonds. The molecule has 5 nitrogen and oxygen atoms in total. The number of alkyl halides is 3. The first-order chi connectivity index (χ1) is 10.9. The zero-order valence-corrected chi connectivity index (χ0v) is 13.0. The molecule has 0 fully saturated rings. The van der Waals surface area contributed by atoms with Crippen LogP contribution in [0.25, 0.3) is 0 Å². The third-order valence-electron chi connectivity index (χ3n) is 2.83. The minimum absolute atomic E-state index is 0.00378. The van der Waals surface area contributed by atoms with Gasteiger partial charge in [0.2, 0.25) is 0 Å². The molecular formula is C14H14F3N3O2S. The Bertz CT molecular complexity index is 656. The second-order valence-corrected chi connectivity index (χ2v) is 5.47. The monoisotopic (exact) mass is 345 g/mol. The van der Waals surface area contributed by atoms with Gasteiger partial charge in [-0.3, -0.25) is 9.36 Å². The smallest absolute Gasteiger partial charge is 0.416 e. The number of carbonyl (C=O) groups excluding carboxylic acids is 1. The third-order valence-corrected chi connectivity index (χ3v) is 3.89. The summed E-state index contributed by atoms with van der Waals surface area (Å²) in [6.07, 6.45) is -2.93. The third kappa shape index (κ3) is 4.98. The molecular weight excluding hydrogens is 331 g/mol. The second kappa shape index (κ2) is 7.49. The fraction of sp³-hybridized carbons (Fsp3) is 0.357. The van der Waals surface area contributed by atoms with Gasteiger partial charge in [0, 0.05) is 5.75 Å². The van der Waals surface area contributed by atoms with E-state index in [1.807, 2.05) is 0 Å². The Morgan fingerprint density at radius 2 is 2.00 bits per heavy atom. The van der Waals surface area contributed by atoms with Crippen LogP contribution in [0.4, 0.5) is 13.2 Å². The highest BCUT2D eigenvalue weighted by atomic mass is 32.2. The van der Waals surface area contributed by atoms with Crippen LogP contribution in [0.15, 0.2) is 35.7 Å². The Morgan fingerprint density at radius 1 is 1.30 bits per heavy atom. The number of halogens is 3. The molecule has 0 saturated carbocycles. The molecule has 23 heavy (non-hydrogen) atoms. The lowest BCUT2D eigenvalue weighted by atomic mass is 10.1. The van der Waals surface area contributed by atoms with Crippen molar-refractivity contribution in [1.82, 2.24) is 14.8 Å². The summed E-state index contributed by atoms with van der Waals surface area (Å²) in [4.78, 5) is 11.5. The van der Waals surface area contributed by atoms with Gasteiger partial charge in [0.15, 0.2) is 5.16 Å². The summed E-state index contributed by atoms with van der Waals surface area (Å²) in [5.74, 6) is 0.0170. The molecule has 0 bridgehead atoms. The SMILES string of the molecule is CCOC(=O)Cn1cnnc1SCc1ccc(C(F)(F)F)cc1. The van der Waals surface area contributed by atoms with Crippen molar-refractivity contribution in [2.75, 3.05) is 6.61 Å². The van der Waals surface area contributed by atoms with Crippen LogP contribution in [-0.2, 0) is 28.0 Å². The molecule has 0 unspecified atom stereocenters. The minimum atomic E-state index is -4.34. The fourth-order valence-corrected chi connectivity index (χ4v) is 2.62. The zero-order chi connectivity index (χ0) is 16.9. The maximum Gasteiger partial charge on any atom is 0.416 e. The highest BCUT2D eigenvalue weighted by Crippen LogP contribution is 2.30. The van der Waals surface area contributed by atoms with Crippen molar-refractivity contribution in [2.24, 2.45) is 0 Å². The van der Waals surface area contributed by atoms with Gasteiger partial charge in [-0.1, -0.05) is 23.9 Å². The van der Waals surface area contributed by atoms with Crippen LogP contribution in [0, 0.1) is 0 Å². The highest BCUT2D eigenvalue weighted by Gasteiger charge is 2.29. The van der Waals surface area contributed by atoms with Gasteiger partial charge in [-0.25, -0.2) is 0 Å². The van der Waals surface area contributed by atoms with Crippen molar-refractivity contribution in [1.29, 1.82) is 0 Å². The van der Waals surface area contributed by atoms with Gasteiger partial charge in [-0.15, -0.1) is 10.2 Å². The van der Waals surface area contributed by atoms with Crippen molar-refractivity contribution < 1.29 is 22.7 Å². The van der Waals surface area contributed by atoms with E-state index in [1.165, 1.54) is 34.8 Å². The molecule has 0 aliphatic rings. The van der Waals surface area contributed by atoms with Crippen LogP contribution in [0.5, 0.6) is 0 Å². The first kappa shape index (κ1) is 17.3. The lowest BCUT2D eigenvalue weighted by molar-refractivity contribution is -0.144. The van der Waals surface area contributed by atoms with E-state index < -0.39 is 17.7 Å². The summed E-state index contributed by atoms with van der Waals surface area (Å²) in [6, 6.07) is 4.92. The molecule has 1 aromatic carbocycles. The Hall–Kier alpha value is -2.03. The van der Waals surface area contributed by atoms with E-state index in [0.29, 0.717) is 16.5 Å². The second-order valence-electron chi connectivity index (χ2n) is 4.53. The molecule has 9 heteroatoms. The van der Waals surface area contributed by atoms with Gasteiger partial charge >= 0.3 is 12.1 Å². The van der Waals surface area contributed by atoms with Crippen LogP contribution in [0.2, 0.25) is 0 Å². The van der Waals surface area contributed by atoms with E-state index in [1.54, 1.807) is 6.92 Å². The van der Waals surface area contributed by atoms with Gasteiger partial charge < -0.3 is 4.74 Å². The molecule has 0 radical (unpaired) electrons. The molecule has 2 rings (SSSR count). The summed E-state index contributed by atoms with van der Waals surface area (Å²) >= 11 is 1.28. The molecule has 0 aliphatic heterocycles. The van der Waals surface area contributed by atoms with E-state index in [-0.39, 0.29) is 13.2 Å². The number of carbonyl (C=O) groups is 1. The summed E-state index contributed by atoms with van der Waals surface area (Å²) < 4.78 is 43.9. The first-order valence-corrected chi connectivity index (χ1v) is 7.71. The van der Waals surface area contributed by atoms with Gasteiger partial charge in [-0.05, 0) is 24.6 Å². The van der Waals surface area contributed by atoms with Crippen molar-refractivity contribution in [3.63, 3.8) is 0 Å². The Morgan fingerprint density at radius 3 is 2.61 bits per heavy atom. The number of esters is 1. The average Bonchev–Trinajstić information content (AvgIpc) is 2.92. The van der Waals surface area contributed by atoms with Gasteiger partial charge in [0.05, 0.1) is 12.2 Å². The molecule has 0 spiro atoms. The highest BCUT2D eigenvalue weighted by molar-refractivity contribution is 7.98. The molecule has 0 atom stereocenters. The van der Waals surface area contributed by atoms with E-state index in [0.717, 1.165) is 12.1 Å². The normalized spacial score (nSPS) is 11.5.